The van der Waals surface area contributed by atoms with Crippen molar-refractivity contribution in [1.82, 2.24) is 10.9 Å². The van der Waals surface area contributed by atoms with Gasteiger partial charge in [-0.1, -0.05) is 0 Å². The summed E-state index contributed by atoms with van der Waals surface area (Å²) in [5.74, 6) is -0.599. The number of anilines is 1. The molecule has 0 heterocycles. The molecule has 1 aromatic rings. The predicted molar refractivity (Wildman–Crippen MR) is 63.8 cm³/mol. The summed E-state index contributed by atoms with van der Waals surface area (Å²) < 4.78 is 37.0. The molecule has 0 fully saturated rings. The molecule has 1 unspecified atom stereocenters. The Labute approximate surface area is 111 Å². The monoisotopic (exact) mass is 291 g/mol. The van der Waals surface area contributed by atoms with Crippen LogP contribution in [-0.2, 0) is 11.0 Å². The quantitative estimate of drug-likeness (QED) is 0.637. The van der Waals surface area contributed by atoms with E-state index in [4.69, 9.17) is 5.11 Å². The lowest BCUT2D eigenvalue weighted by Crippen LogP contribution is -2.47. The maximum atomic E-state index is 12.3. The van der Waals surface area contributed by atoms with E-state index >= 15 is 0 Å². The van der Waals surface area contributed by atoms with Gasteiger partial charge in [-0.2, -0.15) is 13.2 Å². The van der Waals surface area contributed by atoms with Gasteiger partial charge in [0, 0.05) is 5.69 Å². The Balaban J connectivity index is 2.60. The Bertz CT molecular complexity index is 488. The van der Waals surface area contributed by atoms with Crippen LogP contribution in [0.2, 0.25) is 0 Å². The van der Waals surface area contributed by atoms with Gasteiger partial charge in [-0.15, -0.1) is 0 Å². The van der Waals surface area contributed by atoms with E-state index < -0.39 is 29.8 Å². The summed E-state index contributed by atoms with van der Waals surface area (Å²) in [5.41, 5.74) is 3.34. The predicted octanol–water partition coefficient (Wildman–Crippen LogP) is 1.80. The molecular formula is C11H12F3N3O3. The average molecular weight is 291 g/mol. The zero-order valence-electron chi connectivity index (χ0n) is 10.3. The molecular weight excluding hydrogens is 279 g/mol. The van der Waals surface area contributed by atoms with Crippen molar-refractivity contribution in [3.63, 3.8) is 0 Å². The molecule has 4 N–H and O–H groups in total. The Morgan fingerprint density at radius 3 is 2.20 bits per heavy atom. The van der Waals surface area contributed by atoms with Crippen LogP contribution in [0.3, 0.4) is 0 Å². The van der Waals surface area contributed by atoms with E-state index in [2.05, 4.69) is 10.7 Å². The van der Waals surface area contributed by atoms with Crippen LogP contribution >= 0.6 is 0 Å². The lowest BCUT2D eigenvalue weighted by molar-refractivity contribution is -0.137. The van der Waals surface area contributed by atoms with Gasteiger partial charge >= 0.3 is 12.3 Å². The normalized spacial score (nSPS) is 12.6. The number of carbonyl (C=O) groups excluding carboxylic acids is 1. The Hall–Kier alpha value is -2.29. The van der Waals surface area contributed by atoms with Crippen LogP contribution in [0.4, 0.5) is 23.7 Å². The third kappa shape index (κ3) is 4.76. The van der Waals surface area contributed by atoms with Gasteiger partial charge in [0.1, 0.15) is 6.04 Å². The third-order valence-electron chi connectivity index (χ3n) is 2.27. The van der Waals surface area contributed by atoms with Crippen LogP contribution < -0.4 is 16.2 Å². The third-order valence-corrected chi connectivity index (χ3v) is 2.27. The van der Waals surface area contributed by atoms with Crippen LogP contribution in [0.1, 0.15) is 12.5 Å². The molecule has 110 valence electrons. The highest BCUT2D eigenvalue weighted by Gasteiger charge is 2.30. The van der Waals surface area contributed by atoms with Crippen molar-refractivity contribution in [2.24, 2.45) is 0 Å². The summed E-state index contributed by atoms with van der Waals surface area (Å²) in [4.78, 5) is 21.8. The topological polar surface area (TPSA) is 90.5 Å². The molecule has 0 aromatic heterocycles. The fourth-order valence-corrected chi connectivity index (χ4v) is 1.23. The average Bonchev–Trinajstić information content (AvgIpc) is 2.35. The van der Waals surface area contributed by atoms with Gasteiger partial charge in [0.15, 0.2) is 0 Å². The number of amides is 2. The maximum absolute atomic E-state index is 12.3. The first-order valence-electron chi connectivity index (χ1n) is 5.42. The van der Waals surface area contributed by atoms with Gasteiger partial charge in [-0.3, -0.25) is 10.2 Å². The SMILES string of the molecule is CC(NNC(=O)O)C(=O)Nc1ccc(C(F)(F)F)cc1. The van der Waals surface area contributed by atoms with Crippen LogP contribution in [0.5, 0.6) is 0 Å². The van der Waals surface area contributed by atoms with Crippen molar-refractivity contribution in [2.45, 2.75) is 19.1 Å². The first kappa shape index (κ1) is 15.8. The minimum Gasteiger partial charge on any atom is -0.464 e. The molecule has 0 aliphatic carbocycles. The lowest BCUT2D eigenvalue weighted by atomic mass is 10.2. The van der Waals surface area contributed by atoms with Crippen molar-refractivity contribution in [3.05, 3.63) is 29.8 Å². The summed E-state index contributed by atoms with van der Waals surface area (Å²) >= 11 is 0. The summed E-state index contributed by atoms with van der Waals surface area (Å²) in [6, 6.07) is 3.00. The second-order valence-electron chi connectivity index (χ2n) is 3.86. The van der Waals surface area contributed by atoms with Gasteiger partial charge in [0.25, 0.3) is 0 Å². The number of nitrogens with one attached hydrogen (secondary N) is 3. The number of halogens is 3. The largest absolute Gasteiger partial charge is 0.464 e. The Morgan fingerprint density at radius 1 is 1.20 bits per heavy atom. The molecule has 0 saturated carbocycles. The fraction of sp³-hybridized carbons (Fsp3) is 0.273. The number of hydrogen-bond donors (Lipinski definition) is 4. The molecule has 0 spiro atoms. The van der Waals surface area contributed by atoms with Gasteiger partial charge in [-0.25, -0.2) is 10.2 Å². The second kappa shape index (κ2) is 6.24. The van der Waals surface area contributed by atoms with E-state index in [0.717, 1.165) is 24.3 Å². The summed E-state index contributed by atoms with van der Waals surface area (Å²) in [5, 5.41) is 10.7. The molecule has 6 nitrogen and oxygen atoms in total. The minimum atomic E-state index is -4.44. The Kier molecular flexibility index (Phi) is 4.92. The molecule has 20 heavy (non-hydrogen) atoms. The molecule has 2 amide bonds. The second-order valence-corrected chi connectivity index (χ2v) is 3.86. The van der Waals surface area contributed by atoms with Crippen molar-refractivity contribution in [1.29, 1.82) is 0 Å². The van der Waals surface area contributed by atoms with E-state index in [0.29, 0.717) is 0 Å². The van der Waals surface area contributed by atoms with Crippen LogP contribution in [0.25, 0.3) is 0 Å². The highest BCUT2D eigenvalue weighted by Crippen LogP contribution is 2.29. The fourth-order valence-electron chi connectivity index (χ4n) is 1.23. The van der Waals surface area contributed by atoms with Crippen molar-refractivity contribution >= 4 is 17.7 Å². The zero-order chi connectivity index (χ0) is 15.3. The maximum Gasteiger partial charge on any atom is 0.419 e. The van der Waals surface area contributed by atoms with Crippen molar-refractivity contribution < 1.29 is 27.9 Å². The van der Waals surface area contributed by atoms with E-state index in [1.165, 1.54) is 6.92 Å². The molecule has 0 aliphatic heterocycles. The molecule has 0 radical (unpaired) electrons. The van der Waals surface area contributed by atoms with Crippen molar-refractivity contribution in [2.75, 3.05) is 5.32 Å². The molecule has 0 aliphatic rings. The number of hydrazine groups is 1. The standard InChI is InChI=1S/C11H12F3N3O3/c1-6(16-17-10(19)20)9(18)15-8-4-2-7(3-5-8)11(12,13)14/h2-6,16-17H,1H3,(H,15,18)(H,19,20). The highest BCUT2D eigenvalue weighted by molar-refractivity contribution is 5.94. The first-order valence-corrected chi connectivity index (χ1v) is 5.42. The number of rotatable bonds is 4. The van der Waals surface area contributed by atoms with E-state index in [1.807, 2.05) is 0 Å². The number of carbonyl (C=O) groups is 2. The molecule has 1 aromatic carbocycles. The minimum absolute atomic E-state index is 0.173. The number of hydrogen-bond acceptors (Lipinski definition) is 3. The van der Waals surface area contributed by atoms with Gasteiger partial charge < -0.3 is 10.4 Å². The molecule has 0 bridgehead atoms. The molecule has 9 heteroatoms. The van der Waals surface area contributed by atoms with Gasteiger partial charge in [0.05, 0.1) is 5.56 Å². The van der Waals surface area contributed by atoms with Crippen LogP contribution in [0.15, 0.2) is 24.3 Å². The van der Waals surface area contributed by atoms with E-state index in [9.17, 15) is 22.8 Å². The summed E-state index contributed by atoms with van der Waals surface area (Å²) in [6.07, 6.45) is -5.80. The smallest absolute Gasteiger partial charge is 0.419 e. The lowest BCUT2D eigenvalue weighted by Gasteiger charge is -2.14. The van der Waals surface area contributed by atoms with Crippen molar-refractivity contribution in [3.8, 4) is 0 Å². The van der Waals surface area contributed by atoms with E-state index in [1.54, 1.807) is 5.43 Å². The molecule has 1 atom stereocenters. The molecule has 0 saturated heterocycles. The van der Waals surface area contributed by atoms with E-state index in [-0.39, 0.29) is 5.69 Å². The van der Waals surface area contributed by atoms with Gasteiger partial charge in [-0.05, 0) is 31.2 Å². The number of alkyl halides is 3. The first-order chi connectivity index (χ1) is 9.20. The zero-order valence-corrected chi connectivity index (χ0v) is 10.3. The van der Waals surface area contributed by atoms with Gasteiger partial charge in [0.2, 0.25) is 5.91 Å². The number of benzene rings is 1. The summed E-state index contributed by atoms with van der Waals surface area (Å²) in [6.45, 7) is 1.38. The number of carboxylic acid groups (broad SMARTS) is 1. The highest BCUT2D eigenvalue weighted by atomic mass is 19.4. The van der Waals surface area contributed by atoms with Crippen LogP contribution in [0, 0.1) is 0 Å². The van der Waals surface area contributed by atoms with Crippen LogP contribution in [-0.4, -0.2) is 23.1 Å². The molecule has 1 rings (SSSR count). The Morgan fingerprint density at radius 2 is 1.75 bits per heavy atom. The summed E-state index contributed by atoms with van der Waals surface area (Å²) in [7, 11) is 0.